The van der Waals surface area contributed by atoms with Crippen LogP contribution in [0.25, 0.3) is 0 Å². The molecule has 0 aromatic rings. The average molecular weight is 242 g/mol. The van der Waals surface area contributed by atoms with Crippen LogP contribution >= 0.6 is 0 Å². The molecule has 0 bridgehead atoms. The van der Waals surface area contributed by atoms with Crippen LogP contribution in [0.5, 0.6) is 0 Å². The lowest BCUT2D eigenvalue weighted by Gasteiger charge is -2.43. The van der Waals surface area contributed by atoms with Gasteiger partial charge in [-0.2, -0.15) is 0 Å². The summed E-state index contributed by atoms with van der Waals surface area (Å²) >= 11 is 0. The Morgan fingerprint density at radius 3 is 2.06 bits per heavy atom. The van der Waals surface area contributed by atoms with Crippen LogP contribution in [0.1, 0.15) is 60.3 Å². The molecule has 104 valence electrons. The average Bonchev–Trinajstić information content (AvgIpc) is 2.27. The first kappa shape index (κ1) is 16.9. The third-order valence-corrected chi connectivity index (χ3v) is 4.16. The van der Waals surface area contributed by atoms with Crippen LogP contribution in [0.2, 0.25) is 0 Å². The maximum absolute atomic E-state index is 3.76. The monoisotopic (exact) mass is 242 g/mol. The van der Waals surface area contributed by atoms with Crippen LogP contribution in [0.15, 0.2) is 0 Å². The lowest BCUT2D eigenvalue weighted by atomic mass is 9.84. The van der Waals surface area contributed by atoms with Crippen LogP contribution < -0.4 is 5.32 Å². The topological polar surface area (TPSA) is 15.3 Å². The van der Waals surface area contributed by atoms with Gasteiger partial charge in [0.15, 0.2) is 0 Å². The summed E-state index contributed by atoms with van der Waals surface area (Å²) in [5.74, 6) is 0.796. The molecule has 17 heavy (non-hydrogen) atoms. The van der Waals surface area contributed by atoms with E-state index in [1.807, 2.05) is 0 Å². The zero-order valence-electron chi connectivity index (χ0n) is 13.1. The van der Waals surface area contributed by atoms with Gasteiger partial charge in [-0.3, -0.25) is 0 Å². The van der Waals surface area contributed by atoms with E-state index in [2.05, 4.69) is 58.9 Å². The van der Waals surface area contributed by atoms with Crippen molar-refractivity contribution in [1.29, 1.82) is 0 Å². The fourth-order valence-electron chi connectivity index (χ4n) is 2.33. The standard InChI is InChI=1S/C15H34N2/c1-8-12-16-14(11-10-13(3)4)15(5,9-2)17(6)7/h13-14,16H,8-12H2,1-7H3. The molecular weight excluding hydrogens is 208 g/mol. The summed E-state index contributed by atoms with van der Waals surface area (Å²) in [5, 5.41) is 3.76. The van der Waals surface area contributed by atoms with Gasteiger partial charge in [-0.25, -0.2) is 0 Å². The number of nitrogens with one attached hydrogen (secondary N) is 1. The molecule has 0 aromatic carbocycles. The van der Waals surface area contributed by atoms with Crippen molar-refractivity contribution in [3.63, 3.8) is 0 Å². The van der Waals surface area contributed by atoms with Crippen molar-refractivity contribution in [2.45, 2.75) is 71.9 Å². The third-order valence-electron chi connectivity index (χ3n) is 4.16. The first-order chi connectivity index (χ1) is 7.88. The van der Waals surface area contributed by atoms with Gasteiger partial charge in [-0.1, -0.05) is 27.7 Å². The van der Waals surface area contributed by atoms with Crippen molar-refractivity contribution in [2.24, 2.45) is 5.92 Å². The first-order valence-electron chi connectivity index (χ1n) is 7.29. The zero-order valence-corrected chi connectivity index (χ0v) is 13.1. The van der Waals surface area contributed by atoms with E-state index in [1.165, 1.54) is 25.7 Å². The zero-order chi connectivity index (χ0) is 13.5. The Balaban J connectivity index is 4.61. The van der Waals surface area contributed by atoms with Crippen LogP contribution in [0.3, 0.4) is 0 Å². The van der Waals surface area contributed by atoms with E-state index in [1.54, 1.807) is 0 Å². The van der Waals surface area contributed by atoms with E-state index in [0.29, 0.717) is 6.04 Å². The highest BCUT2D eigenvalue weighted by atomic mass is 15.2. The van der Waals surface area contributed by atoms with Gasteiger partial charge >= 0.3 is 0 Å². The van der Waals surface area contributed by atoms with Crippen LogP contribution in [0, 0.1) is 5.92 Å². The van der Waals surface area contributed by atoms with E-state index < -0.39 is 0 Å². The second-order valence-electron chi connectivity index (χ2n) is 6.08. The molecular formula is C15H34N2. The fourth-order valence-corrected chi connectivity index (χ4v) is 2.33. The predicted octanol–water partition coefficient (Wildman–Crippen LogP) is 3.52. The Morgan fingerprint density at radius 2 is 1.71 bits per heavy atom. The second kappa shape index (κ2) is 8.10. The maximum atomic E-state index is 3.76. The summed E-state index contributed by atoms with van der Waals surface area (Å²) in [4.78, 5) is 2.39. The van der Waals surface area contributed by atoms with Gasteiger partial charge in [0.25, 0.3) is 0 Å². The van der Waals surface area contributed by atoms with Crippen molar-refractivity contribution in [1.82, 2.24) is 10.2 Å². The summed E-state index contributed by atoms with van der Waals surface area (Å²) in [6.07, 6.45) is 5.00. The molecule has 0 heterocycles. The largest absolute Gasteiger partial charge is 0.312 e. The van der Waals surface area contributed by atoms with Gasteiger partial charge in [0.2, 0.25) is 0 Å². The molecule has 0 aliphatic heterocycles. The Labute approximate surface area is 109 Å². The Morgan fingerprint density at radius 1 is 1.12 bits per heavy atom. The molecule has 0 amide bonds. The molecule has 0 radical (unpaired) electrons. The van der Waals surface area contributed by atoms with Gasteiger partial charge in [0.05, 0.1) is 0 Å². The van der Waals surface area contributed by atoms with Gasteiger partial charge in [0, 0.05) is 11.6 Å². The molecule has 2 heteroatoms. The van der Waals surface area contributed by atoms with E-state index in [9.17, 15) is 0 Å². The molecule has 0 aliphatic rings. The minimum absolute atomic E-state index is 0.268. The number of rotatable bonds is 9. The summed E-state index contributed by atoms with van der Waals surface area (Å²) in [7, 11) is 4.42. The Kier molecular flexibility index (Phi) is 8.06. The molecule has 0 fully saturated rings. The fraction of sp³-hybridized carbons (Fsp3) is 1.00. The molecule has 0 aliphatic carbocycles. The van der Waals surface area contributed by atoms with Gasteiger partial charge < -0.3 is 10.2 Å². The first-order valence-corrected chi connectivity index (χ1v) is 7.29. The van der Waals surface area contributed by atoms with Gasteiger partial charge in [0.1, 0.15) is 0 Å². The molecule has 2 atom stereocenters. The van der Waals surface area contributed by atoms with Crippen LogP contribution in [-0.4, -0.2) is 37.1 Å². The Bertz CT molecular complexity index is 189. The number of likely N-dealkylation sites (N-methyl/N-ethyl adjacent to an activating group) is 1. The van der Waals surface area contributed by atoms with Crippen molar-refractivity contribution >= 4 is 0 Å². The van der Waals surface area contributed by atoms with Crippen molar-refractivity contribution < 1.29 is 0 Å². The van der Waals surface area contributed by atoms with Crippen molar-refractivity contribution in [2.75, 3.05) is 20.6 Å². The molecule has 2 unspecified atom stereocenters. The SMILES string of the molecule is CCCNC(CCC(C)C)C(C)(CC)N(C)C. The normalized spacial score (nSPS) is 17.5. The highest BCUT2D eigenvalue weighted by Crippen LogP contribution is 2.25. The lowest BCUT2D eigenvalue weighted by Crippen LogP contribution is -2.57. The molecule has 0 aromatic heterocycles. The smallest absolute Gasteiger partial charge is 0.0325 e. The second-order valence-corrected chi connectivity index (χ2v) is 6.08. The molecule has 0 rings (SSSR count). The summed E-state index contributed by atoms with van der Waals surface area (Å²) in [5.41, 5.74) is 0.268. The van der Waals surface area contributed by atoms with E-state index in [-0.39, 0.29) is 5.54 Å². The molecule has 1 N–H and O–H groups in total. The van der Waals surface area contributed by atoms with Crippen molar-refractivity contribution in [3.8, 4) is 0 Å². The number of hydrogen-bond acceptors (Lipinski definition) is 2. The lowest BCUT2D eigenvalue weighted by molar-refractivity contribution is 0.105. The minimum Gasteiger partial charge on any atom is -0.312 e. The highest BCUT2D eigenvalue weighted by Gasteiger charge is 2.33. The third kappa shape index (κ3) is 5.39. The summed E-state index contributed by atoms with van der Waals surface area (Å²) in [6.45, 7) is 12.7. The maximum Gasteiger partial charge on any atom is 0.0325 e. The Hall–Kier alpha value is -0.0800. The van der Waals surface area contributed by atoms with Gasteiger partial charge in [-0.05, 0) is 59.2 Å². The van der Waals surface area contributed by atoms with Crippen LogP contribution in [-0.2, 0) is 0 Å². The molecule has 0 spiro atoms. The summed E-state index contributed by atoms with van der Waals surface area (Å²) in [6, 6.07) is 0.602. The van der Waals surface area contributed by atoms with E-state index >= 15 is 0 Å². The highest BCUT2D eigenvalue weighted by molar-refractivity contribution is 4.94. The minimum atomic E-state index is 0.268. The molecule has 2 nitrogen and oxygen atoms in total. The van der Waals surface area contributed by atoms with E-state index in [0.717, 1.165) is 12.5 Å². The van der Waals surface area contributed by atoms with Crippen molar-refractivity contribution in [3.05, 3.63) is 0 Å². The quantitative estimate of drug-likeness (QED) is 0.665. The predicted molar refractivity (Wildman–Crippen MR) is 78.5 cm³/mol. The number of nitrogens with zero attached hydrogens (tertiary/aromatic N) is 1. The molecule has 0 saturated carbocycles. The van der Waals surface area contributed by atoms with Gasteiger partial charge in [-0.15, -0.1) is 0 Å². The molecule has 0 saturated heterocycles. The summed E-state index contributed by atoms with van der Waals surface area (Å²) < 4.78 is 0. The number of hydrogen-bond donors (Lipinski definition) is 1. The van der Waals surface area contributed by atoms with E-state index in [4.69, 9.17) is 0 Å². The van der Waals surface area contributed by atoms with Crippen LogP contribution in [0.4, 0.5) is 0 Å².